The summed E-state index contributed by atoms with van der Waals surface area (Å²) in [5.74, 6) is 1.57. The van der Waals surface area contributed by atoms with Gasteiger partial charge < -0.3 is 19.9 Å². The van der Waals surface area contributed by atoms with Crippen molar-refractivity contribution in [2.45, 2.75) is 77.0 Å². The number of aliphatic hydroxyl groups is 1. The lowest BCUT2D eigenvalue weighted by Gasteiger charge is -2.57. The molecular weight excluding hydrogens is 600 g/mol. The number of hydrogen-bond acceptors (Lipinski definition) is 6. The number of benzene rings is 2. The Balaban J connectivity index is 1.04. The zero-order valence-corrected chi connectivity index (χ0v) is 28.1. The molecule has 2 N–H and O–H groups in total. The number of fused-ring (bicyclic) bond motifs is 5. The normalized spacial score (nSPS) is 30.3. The summed E-state index contributed by atoms with van der Waals surface area (Å²) >= 11 is 0. The van der Waals surface area contributed by atoms with Crippen LogP contribution in [-0.4, -0.2) is 41.3 Å². The van der Waals surface area contributed by atoms with Crippen molar-refractivity contribution in [3.63, 3.8) is 0 Å². The number of nitrogens with zero attached hydrogens (tertiary/aromatic N) is 1. The molecule has 0 bridgehead atoms. The molecule has 1 amide bonds. The van der Waals surface area contributed by atoms with Crippen LogP contribution in [0.5, 0.6) is 5.75 Å². The van der Waals surface area contributed by atoms with Crippen molar-refractivity contribution in [2.24, 2.45) is 28.6 Å². The number of ether oxygens (including phenoxy) is 2. The smallest absolute Gasteiger partial charge is 0.337 e. The van der Waals surface area contributed by atoms with E-state index in [0.29, 0.717) is 35.3 Å². The molecule has 3 aromatic rings. The van der Waals surface area contributed by atoms with Gasteiger partial charge in [0.15, 0.2) is 6.10 Å². The van der Waals surface area contributed by atoms with Crippen molar-refractivity contribution in [3.8, 4) is 5.75 Å². The number of aliphatic hydroxyl groups excluding tert-OH is 1. The maximum Gasteiger partial charge on any atom is 0.337 e. The second-order valence-corrected chi connectivity index (χ2v) is 14.6. The summed E-state index contributed by atoms with van der Waals surface area (Å²) in [5, 5.41) is 14.2. The standard InChI is InChI=1S/C41H46N2O5/c1-40-21-18-29(48-39(46)37(44)36(26-10-6-4-7-11-26)43-38(45)27-12-8-5-9-13-27)24-28(40)14-15-30-32-16-17-33(41(32,2)22-19-34(30)40)31-25-42-23-20-35(31)47-3/h4-14,17,20,23,25,29-30,32,34,36-37,44H,15-16,18-19,21-22,24H2,1-3H3,(H,43,45)/t29-,30-,32-,34-,36-,37+,40-,41-/m0/s1. The maximum atomic E-state index is 13.5. The minimum absolute atomic E-state index is 0.0662. The van der Waals surface area contributed by atoms with E-state index in [-0.39, 0.29) is 22.8 Å². The number of rotatable bonds is 8. The molecule has 1 heterocycles. The molecule has 8 atom stereocenters. The van der Waals surface area contributed by atoms with Crippen LogP contribution in [-0.2, 0) is 9.53 Å². The Morgan fingerprint density at radius 3 is 2.40 bits per heavy atom. The first-order chi connectivity index (χ1) is 23.2. The minimum Gasteiger partial charge on any atom is -0.496 e. The molecule has 2 aromatic carbocycles. The Morgan fingerprint density at radius 2 is 1.65 bits per heavy atom. The molecule has 0 unspecified atom stereocenters. The van der Waals surface area contributed by atoms with E-state index in [0.717, 1.165) is 49.8 Å². The SMILES string of the molecule is COc1ccncc1C1=CC[C@H]2[C@@H]3CC=C4C[C@@H](OC(=O)[C@H](O)[C@@H](NC(=O)c5ccccc5)c5ccccc5)CC[C@]4(C)[C@H]3CC[C@]12C. The molecule has 7 rings (SSSR count). The van der Waals surface area contributed by atoms with E-state index in [1.807, 2.05) is 36.5 Å². The van der Waals surface area contributed by atoms with Gasteiger partial charge in [-0.3, -0.25) is 9.78 Å². The molecule has 2 fully saturated rings. The third-order valence-corrected chi connectivity index (χ3v) is 12.3. The van der Waals surface area contributed by atoms with Crippen LogP contribution in [0, 0.1) is 28.6 Å². The van der Waals surface area contributed by atoms with Gasteiger partial charge >= 0.3 is 5.97 Å². The van der Waals surface area contributed by atoms with E-state index in [4.69, 9.17) is 9.47 Å². The number of carbonyl (C=O) groups excluding carboxylic acids is 2. The topological polar surface area (TPSA) is 97.8 Å². The molecule has 48 heavy (non-hydrogen) atoms. The lowest BCUT2D eigenvalue weighted by Crippen LogP contribution is -2.50. The van der Waals surface area contributed by atoms with Gasteiger partial charge in [-0.05, 0) is 96.4 Å². The van der Waals surface area contributed by atoms with Gasteiger partial charge in [-0.25, -0.2) is 4.79 Å². The van der Waals surface area contributed by atoms with Crippen molar-refractivity contribution in [3.05, 3.63) is 114 Å². The fraction of sp³-hybridized carbons (Fsp3) is 0.439. The molecule has 7 nitrogen and oxygen atoms in total. The fourth-order valence-electron chi connectivity index (χ4n) is 9.66. The Labute approximate surface area is 283 Å². The van der Waals surface area contributed by atoms with Crippen molar-refractivity contribution < 1.29 is 24.2 Å². The molecule has 0 saturated heterocycles. The second-order valence-electron chi connectivity index (χ2n) is 14.6. The van der Waals surface area contributed by atoms with Crippen LogP contribution < -0.4 is 10.1 Å². The molecule has 250 valence electrons. The van der Waals surface area contributed by atoms with Gasteiger partial charge in [0.25, 0.3) is 5.91 Å². The average molecular weight is 647 g/mol. The molecule has 2 saturated carbocycles. The third kappa shape index (κ3) is 5.66. The van der Waals surface area contributed by atoms with Crippen LogP contribution >= 0.6 is 0 Å². The van der Waals surface area contributed by atoms with Gasteiger partial charge in [0.1, 0.15) is 11.9 Å². The number of carbonyl (C=O) groups is 2. The predicted molar refractivity (Wildman–Crippen MR) is 185 cm³/mol. The number of esters is 1. The zero-order chi connectivity index (χ0) is 33.5. The zero-order valence-electron chi connectivity index (χ0n) is 28.1. The van der Waals surface area contributed by atoms with Gasteiger partial charge in [0.05, 0.1) is 13.2 Å². The molecule has 4 aliphatic carbocycles. The molecule has 4 aliphatic rings. The number of methoxy groups -OCH3 is 1. The summed E-state index contributed by atoms with van der Waals surface area (Å²) in [6.45, 7) is 4.89. The lowest BCUT2D eigenvalue weighted by atomic mass is 9.47. The van der Waals surface area contributed by atoms with Crippen molar-refractivity contribution in [2.75, 3.05) is 7.11 Å². The van der Waals surface area contributed by atoms with Gasteiger partial charge in [0, 0.05) is 29.9 Å². The van der Waals surface area contributed by atoms with E-state index in [1.165, 1.54) is 11.1 Å². The second kappa shape index (κ2) is 13.0. The summed E-state index contributed by atoms with van der Waals surface area (Å²) in [5.41, 5.74) is 5.16. The van der Waals surface area contributed by atoms with Gasteiger partial charge in [-0.15, -0.1) is 0 Å². The van der Waals surface area contributed by atoms with Crippen LogP contribution in [0.1, 0.15) is 86.3 Å². The highest BCUT2D eigenvalue weighted by Gasteiger charge is 2.57. The van der Waals surface area contributed by atoms with Crippen molar-refractivity contribution in [1.29, 1.82) is 0 Å². The van der Waals surface area contributed by atoms with E-state index in [1.54, 1.807) is 49.7 Å². The van der Waals surface area contributed by atoms with Crippen LogP contribution in [0.4, 0.5) is 0 Å². The highest BCUT2D eigenvalue weighted by atomic mass is 16.6. The number of amides is 1. The lowest BCUT2D eigenvalue weighted by molar-refractivity contribution is -0.163. The van der Waals surface area contributed by atoms with E-state index in [9.17, 15) is 14.7 Å². The van der Waals surface area contributed by atoms with Crippen LogP contribution in [0.15, 0.2) is 96.8 Å². The Kier molecular flexibility index (Phi) is 8.75. The first-order valence-electron chi connectivity index (χ1n) is 17.4. The van der Waals surface area contributed by atoms with Gasteiger partial charge in [-0.1, -0.05) is 80.1 Å². The monoisotopic (exact) mass is 646 g/mol. The third-order valence-electron chi connectivity index (χ3n) is 12.3. The minimum atomic E-state index is -1.54. The number of allylic oxidation sites excluding steroid dienone is 3. The Morgan fingerprint density at radius 1 is 0.917 bits per heavy atom. The molecule has 0 radical (unpaired) electrons. The summed E-state index contributed by atoms with van der Waals surface area (Å²) in [6.07, 6.45) is 13.6. The summed E-state index contributed by atoms with van der Waals surface area (Å²) in [4.78, 5) is 31.0. The maximum absolute atomic E-state index is 13.5. The molecule has 0 spiro atoms. The van der Waals surface area contributed by atoms with Crippen molar-refractivity contribution >= 4 is 17.4 Å². The number of hydrogen-bond donors (Lipinski definition) is 2. The largest absolute Gasteiger partial charge is 0.496 e. The van der Waals surface area contributed by atoms with Crippen LogP contribution in [0.25, 0.3) is 5.57 Å². The van der Waals surface area contributed by atoms with Crippen molar-refractivity contribution in [1.82, 2.24) is 10.3 Å². The Bertz CT molecular complexity index is 1720. The highest BCUT2D eigenvalue weighted by Crippen LogP contribution is 2.66. The number of aromatic nitrogens is 1. The fourth-order valence-corrected chi connectivity index (χ4v) is 9.66. The average Bonchev–Trinajstić information content (AvgIpc) is 3.48. The van der Waals surface area contributed by atoms with Crippen LogP contribution in [0.3, 0.4) is 0 Å². The van der Waals surface area contributed by atoms with E-state index < -0.39 is 18.1 Å². The number of nitrogens with one attached hydrogen (secondary N) is 1. The molecule has 7 heteroatoms. The predicted octanol–water partition coefficient (Wildman–Crippen LogP) is 7.49. The first kappa shape index (κ1) is 32.3. The highest BCUT2D eigenvalue weighted by molar-refractivity contribution is 5.95. The van der Waals surface area contributed by atoms with E-state index >= 15 is 0 Å². The number of pyridine rings is 1. The summed E-state index contributed by atoms with van der Waals surface area (Å²) in [6, 6.07) is 18.9. The summed E-state index contributed by atoms with van der Waals surface area (Å²) < 4.78 is 11.8. The molecule has 0 aliphatic heterocycles. The van der Waals surface area contributed by atoms with Gasteiger partial charge in [0.2, 0.25) is 0 Å². The quantitative estimate of drug-likeness (QED) is 0.194. The first-order valence-corrected chi connectivity index (χ1v) is 17.4. The molecule has 1 aromatic heterocycles. The van der Waals surface area contributed by atoms with Crippen LogP contribution in [0.2, 0.25) is 0 Å². The Hall–Kier alpha value is -4.23. The molecular formula is C41H46N2O5. The summed E-state index contributed by atoms with van der Waals surface area (Å²) in [7, 11) is 1.74. The van der Waals surface area contributed by atoms with Gasteiger partial charge in [-0.2, -0.15) is 0 Å². The van der Waals surface area contributed by atoms with E-state index in [2.05, 4.69) is 36.3 Å².